The van der Waals surface area contributed by atoms with Gasteiger partial charge in [0.25, 0.3) is 0 Å². The highest BCUT2D eigenvalue weighted by molar-refractivity contribution is 6.30. The van der Waals surface area contributed by atoms with Crippen LogP contribution in [0, 0.1) is 5.92 Å². The Morgan fingerprint density at radius 3 is 2.23 bits per heavy atom. The lowest BCUT2D eigenvalue weighted by Gasteiger charge is -2.30. The third-order valence-electron chi connectivity index (χ3n) is 5.10. The van der Waals surface area contributed by atoms with Crippen molar-refractivity contribution in [1.29, 1.82) is 0 Å². The highest BCUT2D eigenvalue weighted by atomic mass is 35.5. The molecule has 0 aromatic heterocycles. The fraction of sp³-hybridized carbons (Fsp3) is 0.364. The molecule has 2 amide bonds. The Morgan fingerprint density at radius 2 is 1.60 bits per heavy atom. The van der Waals surface area contributed by atoms with Crippen molar-refractivity contribution in [2.75, 3.05) is 44.5 Å². The van der Waals surface area contributed by atoms with Gasteiger partial charge in [0.1, 0.15) is 0 Å². The maximum Gasteiger partial charge on any atom is 0.238 e. The van der Waals surface area contributed by atoms with Crippen LogP contribution in [0.3, 0.4) is 0 Å². The molecule has 3 rings (SSSR count). The Labute approximate surface area is 181 Å². The molecule has 7 nitrogen and oxygen atoms in total. The topological polar surface area (TPSA) is 79.9 Å². The zero-order chi connectivity index (χ0) is 21.5. The lowest BCUT2D eigenvalue weighted by Crippen LogP contribution is -2.41. The van der Waals surface area contributed by atoms with Crippen molar-refractivity contribution in [3.63, 3.8) is 0 Å². The van der Waals surface area contributed by atoms with Crippen molar-refractivity contribution in [2.24, 2.45) is 5.92 Å². The minimum Gasteiger partial charge on any atom is -0.493 e. The molecule has 2 N–H and O–H groups in total. The van der Waals surface area contributed by atoms with Gasteiger partial charge in [-0.2, -0.15) is 0 Å². The Hall–Kier alpha value is -2.77. The van der Waals surface area contributed by atoms with E-state index in [0.29, 0.717) is 48.1 Å². The quantitative estimate of drug-likeness (QED) is 0.699. The van der Waals surface area contributed by atoms with E-state index in [-0.39, 0.29) is 24.3 Å². The van der Waals surface area contributed by atoms with Crippen LogP contribution in [0.15, 0.2) is 42.5 Å². The van der Waals surface area contributed by atoms with Gasteiger partial charge in [0, 0.05) is 28.4 Å². The molecule has 160 valence electrons. The number of halogens is 1. The molecule has 8 heteroatoms. The zero-order valence-electron chi connectivity index (χ0n) is 17.1. The number of methoxy groups -OCH3 is 2. The fourth-order valence-corrected chi connectivity index (χ4v) is 3.57. The summed E-state index contributed by atoms with van der Waals surface area (Å²) in [5, 5.41) is 6.44. The van der Waals surface area contributed by atoms with Crippen LogP contribution in [0.1, 0.15) is 12.8 Å². The number of nitrogens with zero attached hydrogens (tertiary/aromatic N) is 1. The number of likely N-dealkylation sites (tertiary alicyclic amines) is 1. The molecular weight excluding hydrogens is 406 g/mol. The summed E-state index contributed by atoms with van der Waals surface area (Å²) in [7, 11) is 3.12. The van der Waals surface area contributed by atoms with Gasteiger partial charge in [-0.3, -0.25) is 14.5 Å². The smallest absolute Gasteiger partial charge is 0.238 e. The first-order chi connectivity index (χ1) is 14.5. The second-order valence-electron chi connectivity index (χ2n) is 7.16. The number of hydrogen-bond acceptors (Lipinski definition) is 5. The third kappa shape index (κ3) is 5.87. The normalized spacial score (nSPS) is 14.8. The highest BCUT2D eigenvalue weighted by Gasteiger charge is 2.26. The number of carbonyl (C=O) groups is 2. The van der Waals surface area contributed by atoms with Crippen molar-refractivity contribution in [2.45, 2.75) is 12.8 Å². The highest BCUT2D eigenvalue weighted by Crippen LogP contribution is 2.29. The predicted molar refractivity (Wildman–Crippen MR) is 117 cm³/mol. The summed E-state index contributed by atoms with van der Waals surface area (Å²) in [5.41, 5.74) is 1.39. The zero-order valence-corrected chi connectivity index (χ0v) is 17.9. The Bertz CT molecular complexity index is 880. The van der Waals surface area contributed by atoms with Gasteiger partial charge < -0.3 is 20.1 Å². The first-order valence-electron chi connectivity index (χ1n) is 9.79. The molecule has 1 aliphatic heterocycles. The number of rotatable bonds is 7. The molecular formula is C22H26ClN3O4. The summed E-state index contributed by atoms with van der Waals surface area (Å²) in [5.74, 6) is 1.00. The third-order valence-corrected chi connectivity index (χ3v) is 5.36. The average Bonchev–Trinajstić information content (AvgIpc) is 2.75. The minimum atomic E-state index is -0.105. The standard InChI is InChI=1S/C22H26ClN3O4/c1-29-19-8-7-18(13-20(19)30-2)24-21(27)14-26-11-9-15(10-12-26)22(28)25-17-5-3-16(23)4-6-17/h3-8,13,15H,9-12,14H2,1-2H3,(H,24,27)(H,25,28). The van der Waals surface area contributed by atoms with Gasteiger partial charge in [0.2, 0.25) is 11.8 Å². The second kappa shape index (κ2) is 10.3. The van der Waals surface area contributed by atoms with E-state index in [0.717, 1.165) is 5.69 Å². The van der Waals surface area contributed by atoms with Gasteiger partial charge >= 0.3 is 0 Å². The van der Waals surface area contributed by atoms with E-state index in [1.165, 1.54) is 0 Å². The molecule has 1 heterocycles. The fourth-order valence-electron chi connectivity index (χ4n) is 3.45. The molecule has 0 radical (unpaired) electrons. The summed E-state index contributed by atoms with van der Waals surface area (Å²) in [6, 6.07) is 12.3. The van der Waals surface area contributed by atoms with Crippen molar-refractivity contribution in [1.82, 2.24) is 4.90 Å². The van der Waals surface area contributed by atoms with Crippen LogP contribution in [0.2, 0.25) is 5.02 Å². The lowest BCUT2D eigenvalue weighted by atomic mass is 9.96. The number of benzene rings is 2. The molecule has 0 saturated carbocycles. The molecule has 0 spiro atoms. The lowest BCUT2D eigenvalue weighted by molar-refractivity contribution is -0.121. The van der Waals surface area contributed by atoms with Crippen LogP contribution in [0.25, 0.3) is 0 Å². The maximum absolute atomic E-state index is 12.5. The summed E-state index contributed by atoms with van der Waals surface area (Å²) >= 11 is 5.87. The van der Waals surface area contributed by atoms with Crippen LogP contribution in [-0.4, -0.2) is 50.6 Å². The van der Waals surface area contributed by atoms with Crippen LogP contribution < -0.4 is 20.1 Å². The van der Waals surface area contributed by atoms with Gasteiger partial charge in [-0.15, -0.1) is 0 Å². The van der Waals surface area contributed by atoms with E-state index in [1.54, 1.807) is 56.7 Å². The largest absolute Gasteiger partial charge is 0.493 e. The molecule has 1 fully saturated rings. The van der Waals surface area contributed by atoms with Crippen LogP contribution in [0.5, 0.6) is 11.5 Å². The molecule has 1 saturated heterocycles. The average molecular weight is 432 g/mol. The van der Waals surface area contributed by atoms with Crippen molar-refractivity contribution in [3.05, 3.63) is 47.5 Å². The number of nitrogens with one attached hydrogen (secondary N) is 2. The van der Waals surface area contributed by atoms with E-state index in [2.05, 4.69) is 15.5 Å². The van der Waals surface area contributed by atoms with E-state index in [9.17, 15) is 9.59 Å². The van der Waals surface area contributed by atoms with E-state index < -0.39 is 0 Å². The van der Waals surface area contributed by atoms with Crippen molar-refractivity contribution in [3.8, 4) is 11.5 Å². The van der Waals surface area contributed by atoms with E-state index >= 15 is 0 Å². The maximum atomic E-state index is 12.5. The van der Waals surface area contributed by atoms with Gasteiger partial charge in [-0.1, -0.05) is 11.6 Å². The van der Waals surface area contributed by atoms with Gasteiger partial charge in [-0.05, 0) is 62.3 Å². The number of amides is 2. The molecule has 2 aromatic rings. The molecule has 0 aliphatic carbocycles. The first-order valence-corrected chi connectivity index (χ1v) is 10.2. The predicted octanol–water partition coefficient (Wildman–Crippen LogP) is 3.65. The minimum absolute atomic E-state index is 0.00625. The molecule has 2 aromatic carbocycles. The van der Waals surface area contributed by atoms with Gasteiger partial charge in [0.05, 0.1) is 20.8 Å². The van der Waals surface area contributed by atoms with Crippen molar-refractivity contribution < 1.29 is 19.1 Å². The van der Waals surface area contributed by atoms with Gasteiger partial charge in [0.15, 0.2) is 11.5 Å². The SMILES string of the molecule is COc1ccc(NC(=O)CN2CCC(C(=O)Nc3ccc(Cl)cc3)CC2)cc1OC. The molecule has 0 bridgehead atoms. The van der Waals surface area contributed by atoms with E-state index in [1.807, 2.05) is 0 Å². The monoisotopic (exact) mass is 431 g/mol. The van der Waals surface area contributed by atoms with E-state index in [4.69, 9.17) is 21.1 Å². The molecule has 0 atom stereocenters. The van der Waals surface area contributed by atoms with Crippen LogP contribution >= 0.6 is 11.6 Å². The second-order valence-corrected chi connectivity index (χ2v) is 7.60. The number of ether oxygens (including phenoxy) is 2. The molecule has 0 unspecified atom stereocenters. The van der Waals surface area contributed by atoms with Crippen LogP contribution in [-0.2, 0) is 9.59 Å². The Balaban J connectivity index is 1.45. The summed E-state index contributed by atoms with van der Waals surface area (Å²) in [6.07, 6.45) is 1.42. The Kier molecular flexibility index (Phi) is 7.54. The van der Waals surface area contributed by atoms with Gasteiger partial charge in [-0.25, -0.2) is 0 Å². The summed E-state index contributed by atoms with van der Waals surface area (Å²) < 4.78 is 10.5. The number of carbonyl (C=O) groups excluding carboxylic acids is 2. The Morgan fingerprint density at radius 1 is 0.967 bits per heavy atom. The van der Waals surface area contributed by atoms with Crippen LogP contribution in [0.4, 0.5) is 11.4 Å². The van der Waals surface area contributed by atoms with Crippen molar-refractivity contribution >= 4 is 34.8 Å². The number of piperidine rings is 1. The summed E-state index contributed by atoms with van der Waals surface area (Å²) in [6.45, 7) is 1.66. The molecule has 1 aliphatic rings. The first kappa shape index (κ1) is 21.9. The molecule has 30 heavy (non-hydrogen) atoms. The number of hydrogen-bond donors (Lipinski definition) is 2. The number of anilines is 2. The summed E-state index contributed by atoms with van der Waals surface area (Å²) in [4.78, 5) is 26.9.